The van der Waals surface area contributed by atoms with Gasteiger partial charge < -0.3 is 9.64 Å². The Bertz CT molecular complexity index is 506. The van der Waals surface area contributed by atoms with Crippen LogP contribution in [0.25, 0.3) is 0 Å². The molecule has 19 heavy (non-hydrogen) atoms. The van der Waals surface area contributed by atoms with Crippen LogP contribution in [-0.2, 0) is 0 Å². The lowest BCUT2D eigenvalue weighted by molar-refractivity contribution is 0.342. The predicted molar refractivity (Wildman–Crippen MR) is 75.4 cm³/mol. The zero-order valence-corrected chi connectivity index (χ0v) is 11.4. The van der Waals surface area contributed by atoms with Crippen LogP contribution in [0.5, 0.6) is 5.75 Å². The Labute approximate surface area is 114 Å². The van der Waals surface area contributed by atoms with E-state index in [0.29, 0.717) is 6.04 Å². The molecule has 0 aromatic heterocycles. The van der Waals surface area contributed by atoms with E-state index in [2.05, 4.69) is 11.0 Å². The van der Waals surface area contributed by atoms with Crippen molar-refractivity contribution in [2.24, 2.45) is 5.92 Å². The van der Waals surface area contributed by atoms with Crippen LogP contribution in [0.1, 0.15) is 37.7 Å². The van der Waals surface area contributed by atoms with Gasteiger partial charge >= 0.3 is 0 Å². The standard InChI is InChI=1S/C16H20N2O/c1-19-14-7-6-13(11-17)16(10-14)18-9-8-12-4-2-3-5-15(12)18/h6-7,10,12,15H,2-5,8-9H2,1H3. The maximum Gasteiger partial charge on any atom is 0.121 e. The van der Waals surface area contributed by atoms with Crippen molar-refractivity contribution in [1.29, 1.82) is 5.26 Å². The fourth-order valence-corrected chi connectivity index (χ4v) is 3.68. The molecule has 0 N–H and O–H groups in total. The van der Waals surface area contributed by atoms with E-state index >= 15 is 0 Å². The van der Waals surface area contributed by atoms with E-state index in [0.717, 1.165) is 29.5 Å². The SMILES string of the molecule is COc1ccc(C#N)c(N2CCC3CCCCC32)c1. The third-order valence-electron chi connectivity index (χ3n) is 4.64. The molecule has 0 amide bonds. The summed E-state index contributed by atoms with van der Waals surface area (Å²) >= 11 is 0. The number of hydrogen-bond donors (Lipinski definition) is 0. The molecule has 0 radical (unpaired) electrons. The summed E-state index contributed by atoms with van der Waals surface area (Å²) in [4.78, 5) is 2.45. The summed E-state index contributed by atoms with van der Waals surface area (Å²) < 4.78 is 5.31. The van der Waals surface area contributed by atoms with Gasteiger partial charge in [-0.25, -0.2) is 0 Å². The number of benzene rings is 1. The van der Waals surface area contributed by atoms with Crippen molar-refractivity contribution >= 4 is 5.69 Å². The van der Waals surface area contributed by atoms with Crippen molar-refractivity contribution < 1.29 is 4.74 Å². The highest BCUT2D eigenvalue weighted by molar-refractivity contribution is 5.63. The second-order valence-electron chi connectivity index (χ2n) is 5.59. The molecule has 1 aromatic carbocycles. The summed E-state index contributed by atoms with van der Waals surface area (Å²) in [7, 11) is 1.68. The molecule has 1 aromatic rings. The van der Waals surface area contributed by atoms with Gasteiger partial charge in [-0.05, 0) is 37.3 Å². The van der Waals surface area contributed by atoms with Crippen LogP contribution >= 0.6 is 0 Å². The lowest BCUT2D eigenvalue weighted by Crippen LogP contribution is -2.35. The normalized spacial score (nSPS) is 25.8. The quantitative estimate of drug-likeness (QED) is 0.814. The topological polar surface area (TPSA) is 36.3 Å². The molecule has 1 saturated carbocycles. The first-order chi connectivity index (χ1) is 9.33. The molecular formula is C16H20N2O. The largest absolute Gasteiger partial charge is 0.497 e. The molecule has 3 nitrogen and oxygen atoms in total. The van der Waals surface area contributed by atoms with Crippen LogP contribution < -0.4 is 9.64 Å². The second kappa shape index (κ2) is 5.13. The first kappa shape index (κ1) is 12.3. The number of anilines is 1. The van der Waals surface area contributed by atoms with Crippen LogP contribution in [-0.4, -0.2) is 19.7 Å². The minimum Gasteiger partial charge on any atom is -0.497 e. The number of rotatable bonds is 2. The van der Waals surface area contributed by atoms with E-state index in [4.69, 9.17) is 4.74 Å². The maximum absolute atomic E-state index is 9.32. The van der Waals surface area contributed by atoms with E-state index in [1.54, 1.807) is 7.11 Å². The van der Waals surface area contributed by atoms with E-state index < -0.39 is 0 Å². The fourth-order valence-electron chi connectivity index (χ4n) is 3.68. The third kappa shape index (κ3) is 2.16. The second-order valence-corrected chi connectivity index (χ2v) is 5.59. The van der Waals surface area contributed by atoms with Crippen LogP contribution in [0.3, 0.4) is 0 Å². The molecule has 2 aliphatic rings. The van der Waals surface area contributed by atoms with Gasteiger partial charge in [0.1, 0.15) is 11.8 Å². The van der Waals surface area contributed by atoms with Crippen LogP contribution in [0.4, 0.5) is 5.69 Å². The van der Waals surface area contributed by atoms with Gasteiger partial charge in [-0.2, -0.15) is 5.26 Å². The molecule has 1 heterocycles. The Balaban J connectivity index is 1.95. The van der Waals surface area contributed by atoms with E-state index in [9.17, 15) is 5.26 Å². The van der Waals surface area contributed by atoms with Gasteiger partial charge in [-0.15, -0.1) is 0 Å². The Kier molecular flexibility index (Phi) is 3.33. The Morgan fingerprint density at radius 2 is 2.11 bits per heavy atom. The summed E-state index contributed by atoms with van der Waals surface area (Å²) in [5, 5.41) is 9.32. The van der Waals surface area contributed by atoms with Gasteiger partial charge in [0.25, 0.3) is 0 Å². The summed E-state index contributed by atoms with van der Waals surface area (Å²) in [5.41, 5.74) is 1.84. The zero-order chi connectivity index (χ0) is 13.2. The first-order valence-electron chi connectivity index (χ1n) is 7.18. The minimum atomic E-state index is 0.632. The van der Waals surface area contributed by atoms with Crippen molar-refractivity contribution in [1.82, 2.24) is 0 Å². The number of ether oxygens (including phenoxy) is 1. The molecule has 1 aliphatic heterocycles. The lowest BCUT2D eigenvalue weighted by Gasteiger charge is -2.33. The molecule has 3 rings (SSSR count). The highest BCUT2D eigenvalue weighted by atomic mass is 16.5. The smallest absolute Gasteiger partial charge is 0.121 e. The van der Waals surface area contributed by atoms with Gasteiger partial charge in [0, 0.05) is 18.7 Å². The highest BCUT2D eigenvalue weighted by Crippen LogP contribution is 2.40. The molecule has 0 bridgehead atoms. The first-order valence-corrected chi connectivity index (χ1v) is 7.18. The number of hydrogen-bond acceptors (Lipinski definition) is 3. The van der Waals surface area contributed by atoms with Gasteiger partial charge in [-0.1, -0.05) is 12.8 Å². The van der Waals surface area contributed by atoms with Crippen molar-refractivity contribution in [3.8, 4) is 11.8 Å². The molecule has 2 atom stereocenters. The lowest BCUT2D eigenvalue weighted by atomic mass is 9.85. The van der Waals surface area contributed by atoms with Gasteiger partial charge in [0.2, 0.25) is 0 Å². The maximum atomic E-state index is 9.32. The van der Waals surface area contributed by atoms with Crippen molar-refractivity contribution in [2.45, 2.75) is 38.1 Å². The highest BCUT2D eigenvalue weighted by Gasteiger charge is 2.36. The molecule has 2 fully saturated rings. The van der Waals surface area contributed by atoms with Crippen LogP contribution in [0.15, 0.2) is 18.2 Å². The minimum absolute atomic E-state index is 0.632. The summed E-state index contributed by atoms with van der Waals surface area (Å²) in [6, 6.07) is 8.73. The summed E-state index contributed by atoms with van der Waals surface area (Å²) in [6.45, 7) is 1.08. The molecule has 100 valence electrons. The van der Waals surface area contributed by atoms with Gasteiger partial charge in [-0.3, -0.25) is 0 Å². The molecule has 2 unspecified atom stereocenters. The molecular weight excluding hydrogens is 236 g/mol. The number of methoxy groups -OCH3 is 1. The number of fused-ring (bicyclic) bond motifs is 1. The molecule has 1 aliphatic carbocycles. The average Bonchev–Trinajstić information content (AvgIpc) is 2.90. The van der Waals surface area contributed by atoms with Crippen LogP contribution in [0.2, 0.25) is 0 Å². The van der Waals surface area contributed by atoms with Crippen LogP contribution in [0, 0.1) is 17.2 Å². The van der Waals surface area contributed by atoms with Crippen molar-refractivity contribution in [2.75, 3.05) is 18.6 Å². The summed E-state index contributed by atoms with van der Waals surface area (Å²) in [6.07, 6.45) is 6.59. The summed E-state index contributed by atoms with van der Waals surface area (Å²) in [5.74, 6) is 1.67. The van der Waals surface area contributed by atoms with E-state index in [-0.39, 0.29) is 0 Å². The monoisotopic (exact) mass is 256 g/mol. The van der Waals surface area contributed by atoms with E-state index in [1.165, 1.54) is 32.1 Å². The Morgan fingerprint density at radius 1 is 1.26 bits per heavy atom. The third-order valence-corrected chi connectivity index (χ3v) is 4.64. The molecule has 0 spiro atoms. The number of nitrogens with zero attached hydrogens (tertiary/aromatic N) is 2. The Hall–Kier alpha value is -1.69. The molecule has 3 heteroatoms. The number of nitriles is 1. The molecule has 1 saturated heterocycles. The predicted octanol–water partition coefficient (Wildman–Crippen LogP) is 3.34. The van der Waals surface area contributed by atoms with Crippen molar-refractivity contribution in [3.05, 3.63) is 23.8 Å². The van der Waals surface area contributed by atoms with Crippen molar-refractivity contribution in [3.63, 3.8) is 0 Å². The fraction of sp³-hybridized carbons (Fsp3) is 0.562. The van der Waals surface area contributed by atoms with Gasteiger partial charge in [0.05, 0.1) is 18.4 Å². The Morgan fingerprint density at radius 3 is 2.89 bits per heavy atom. The van der Waals surface area contributed by atoms with Gasteiger partial charge in [0.15, 0.2) is 0 Å². The average molecular weight is 256 g/mol. The van der Waals surface area contributed by atoms with E-state index in [1.807, 2.05) is 18.2 Å². The zero-order valence-electron chi connectivity index (χ0n) is 11.4.